The smallest absolute Gasteiger partial charge is 0.231 e. The molecule has 0 aromatic heterocycles. The molecule has 1 aromatic rings. The van der Waals surface area contributed by atoms with Gasteiger partial charge in [-0.2, -0.15) is 0 Å². The predicted molar refractivity (Wildman–Crippen MR) is 82.8 cm³/mol. The highest BCUT2D eigenvalue weighted by Gasteiger charge is 2.42. The fourth-order valence-corrected chi connectivity index (χ4v) is 2.43. The fraction of sp³-hybridized carbons (Fsp3) is 0.500. The van der Waals surface area contributed by atoms with Crippen LogP contribution in [-0.2, 0) is 16.0 Å². The number of amides is 2. The van der Waals surface area contributed by atoms with Crippen molar-refractivity contribution in [2.24, 2.45) is 11.1 Å². The second-order valence-corrected chi connectivity index (χ2v) is 5.95. The van der Waals surface area contributed by atoms with Gasteiger partial charge in [0.25, 0.3) is 0 Å². The van der Waals surface area contributed by atoms with Gasteiger partial charge in [0.15, 0.2) is 0 Å². The van der Waals surface area contributed by atoms with E-state index in [0.29, 0.717) is 13.0 Å². The largest absolute Gasteiger partial charge is 0.349 e. The molecule has 5 nitrogen and oxygen atoms in total. The molecule has 3 N–H and O–H groups in total. The maximum Gasteiger partial charge on any atom is 0.231 e. The van der Waals surface area contributed by atoms with Crippen molar-refractivity contribution in [2.75, 3.05) is 26.0 Å². The maximum atomic E-state index is 12.2. The highest BCUT2D eigenvalue weighted by Crippen LogP contribution is 2.40. The van der Waals surface area contributed by atoms with Gasteiger partial charge in [-0.1, -0.05) is 18.6 Å². The topological polar surface area (TPSA) is 75.4 Å². The van der Waals surface area contributed by atoms with E-state index in [1.54, 1.807) is 19.0 Å². The Morgan fingerprint density at radius 1 is 1.24 bits per heavy atom. The van der Waals surface area contributed by atoms with Crippen molar-refractivity contribution >= 4 is 17.5 Å². The monoisotopic (exact) mass is 289 g/mol. The quantitative estimate of drug-likeness (QED) is 0.860. The Morgan fingerprint density at radius 3 is 2.29 bits per heavy atom. The lowest BCUT2D eigenvalue weighted by molar-refractivity contribution is -0.129. The third kappa shape index (κ3) is 3.42. The summed E-state index contributed by atoms with van der Waals surface area (Å²) in [5.74, 6) is 0.0664. The molecule has 1 fully saturated rings. The lowest BCUT2D eigenvalue weighted by Crippen LogP contribution is -2.47. The molecule has 1 aromatic carbocycles. The van der Waals surface area contributed by atoms with Crippen LogP contribution in [0.15, 0.2) is 24.3 Å². The van der Waals surface area contributed by atoms with Gasteiger partial charge in [-0.15, -0.1) is 0 Å². The summed E-state index contributed by atoms with van der Waals surface area (Å²) in [6, 6.07) is 7.40. The van der Waals surface area contributed by atoms with Crippen LogP contribution in [0.25, 0.3) is 0 Å². The normalized spacial score (nSPS) is 16.0. The van der Waals surface area contributed by atoms with Gasteiger partial charge in [0, 0.05) is 26.3 Å². The molecule has 0 bridgehead atoms. The van der Waals surface area contributed by atoms with Crippen molar-refractivity contribution in [3.05, 3.63) is 29.8 Å². The summed E-state index contributed by atoms with van der Waals surface area (Å²) in [6.45, 7) is 0.397. The van der Waals surface area contributed by atoms with Crippen molar-refractivity contribution in [3.63, 3.8) is 0 Å². The Bertz CT molecular complexity index is 513. The van der Waals surface area contributed by atoms with E-state index in [1.165, 1.54) is 0 Å². The lowest BCUT2D eigenvalue weighted by atomic mass is 9.68. The number of nitrogens with two attached hydrogens (primary N) is 1. The summed E-state index contributed by atoms with van der Waals surface area (Å²) in [6.07, 6.45) is 3.17. The van der Waals surface area contributed by atoms with Crippen molar-refractivity contribution in [3.8, 4) is 0 Å². The Kier molecular flexibility index (Phi) is 4.63. The first-order valence-electron chi connectivity index (χ1n) is 7.27. The van der Waals surface area contributed by atoms with E-state index in [0.717, 1.165) is 30.5 Å². The van der Waals surface area contributed by atoms with E-state index >= 15 is 0 Å². The van der Waals surface area contributed by atoms with Gasteiger partial charge in [-0.25, -0.2) is 0 Å². The van der Waals surface area contributed by atoms with Crippen LogP contribution in [-0.4, -0.2) is 37.4 Å². The summed E-state index contributed by atoms with van der Waals surface area (Å²) >= 11 is 0. The van der Waals surface area contributed by atoms with E-state index < -0.39 is 0 Å². The highest BCUT2D eigenvalue weighted by atomic mass is 16.2. The maximum absolute atomic E-state index is 12.2. The highest BCUT2D eigenvalue weighted by molar-refractivity contribution is 5.96. The number of nitrogens with zero attached hydrogens (tertiary/aromatic N) is 1. The first kappa shape index (κ1) is 15.5. The summed E-state index contributed by atoms with van der Waals surface area (Å²) in [4.78, 5) is 25.4. The Hall–Kier alpha value is -1.88. The SMILES string of the molecule is CN(C)C(=O)Cc1ccc(NC(=O)C2(CN)CCC2)cc1. The minimum absolute atomic E-state index is 0.00775. The van der Waals surface area contributed by atoms with Crippen LogP contribution in [0, 0.1) is 5.41 Å². The van der Waals surface area contributed by atoms with Crippen molar-refractivity contribution in [1.82, 2.24) is 4.90 Å². The third-order valence-corrected chi connectivity index (χ3v) is 4.25. The van der Waals surface area contributed by atoms with Crippen LogP contribution < -0.4 is 11.1 Å². The van der Waals surface area contributed by atoms with Crippen molar-refractivity contribution < 1.29 is 9.59 Å². The number of benzene rings is 1. The van der Waals surface area contributed by atoms with Crippen molar-refractivity contribution in [2.45, 2.75) is 25.7 Å². The Balaban J connectivity index is 1.96. The van der Waals surface area contributed by atoms with Crippen molar-refractivity contribution in [1.29, 1.82) is 0 Å². The van der Waals surface area contributed by atoms with Crippen LogP contribution in [0.3, 0.4) is 0 Å². The molecule has 0 saturated heterocycles. The van der Waals surface area contributed by atoms with E-state index in [-0.39, 0.29) is 17.2 Å². The number of likely N-dealkylation sites (N-methyl/N-ethyl adjacent to an activating group) is 1. The molecule has 114 valence electrons. The number of hydrogen-bond donors (Lipinski definition) is 2. The lowest BCUT2D eigenvalue weighted by Gasteiger charge is -2.39. The third-order valence-electron chi connectivity index (χ3n) is 4.25. The summed E-state index contributed by atoms with van der Waals surface area (Å²) in [5.41, 5.74) is 7.04. The van der Waals surface area contributed by atoms with Gasteiger partial charge in [0.05, 0.1) is 11.8 Å². The summed E-state index contributed by atoms with van der Waals surface area (Å²) in [7, 11) is 3.48. The van der Waals surface area contributed by atoms with Gasteiger partial charge in [0.2, 0.25) is 11.8 Å². The zero-order chi connectivity index (χ0) is 15.5. The average molecular weight is 289 g/mol. The molecule has 0 heterocycles. The number of anilines is 1. The number of nitrogens with one attached hydrogen (secondary N) is 1. The molecule has 1 aliphatic carbocycles. The molecular weight excluding hydrogens is 266 g/mol. The van der Waals surface area contributed by atoms with Crippen LogP contribution in [0.1, 0.15) is 24.8 Å². The Morgan fingerprint density at radius 2 is 1.86 bits per heavy atom. The zero-order valence-electron chi connectivity index (χ0n) is 12.7. The molecule has 21 heavy (non-hydrogen) atoms. The molecule has 5 heteroatoms. The minimum Gasteiger partial charge on any atom is -0.349 e. The summed E-state index contributed by atoms with van der Waals surface area (Å²) in [5, 5.41) is 2.92. The van der Waals surface area contributed by atoms with E-state index in [9.17, 15) is 9.59 Å². The van der Waals surface area contributed by atoms with Gasteiger partial charge in [-0.3, -0.25) is 9.59 Å². The molecule has 0 radical (unpaired) electrons. The molecule has 2 amide bonds. The van der Waals surface area contributed by atoms with Gasteiger partial charge in [-0.05, 0) is 30.5 Å². The number of rotatable bonds is 5. The van der Waals surface area contributed by atoms with E-state index in [1.807, 2.05) is 24.3 Å². The van der Waals surface area contributed by atoms with E-state index in [4.69, 9.17) is 5.73 Å². The average Bonchev–Trinajstić information content (AvgIpc) is 2.40. The molecule has 0 aliphatic heterocycles. The fourth-order valence-electron chi connectivity index (χ4n) is 2.43. The van der Waals surface area contributed by atoms with Crippen LogP contribution in [0.5, 0.6) is 0 Å². The Labute approximate surface area is 125 Å². The molecule has 0 spiro atoms. The number of carbonyl (C=O) groups excluding carboxylic acids is 2. The molecule has 2 rings (SSSR count). The first-order chi connectivity index (χ1) is 9.97. The van der Waals surface area contributed by atoms with Gasteiger partial charge < -0.3 is 16.0 Å². The first-order valence-corrected chi connectivity index (χ1v) is 7.27. The minimum atomic E-state index is -0.375. The molecule has 1 aliphatic rings. The molecular formula is C16H23N3O2. The number of hydrogen-bond acceptors (Lipinski definition) is 3. The van der Waals surface area contributed by atoms with Crippen LogP contribution >= 0.6 is 0 Å². The zero-order valence-corrected chi connectivity index (χ0v) is 12.7. The number of carbonyl (C=O) groups is 2. The summed E-state index contributed by atoms with van der Waals surface area (Å²) < 4.78 is 0. The van der Waals surface area contributed by atoms with E-state index in [2.05, 4.69) is 5.32 Å². The standard InChI is InChI=1S/C16H23N3O2/c1-19(2)14(20)10-12-4-6-13(7-5-12)18-15(21)16(11-17)8-3-9-16/h4-7H,3,8-11,17H2,1-2H3,(H,18,21). The van der Waals surface area contributed by atoms with Crippen LogP contribution in [0.2, 0.25) is 0 Å². The van der Waals surface area contributed by atoms with Gasteiger partial charge in [0.1, 0.15) is 0 Å². The molecule has 0 atom stereocenters. The molecule has 0 unspecified atom stereocenters. The van der Waals surface area contributed by atoms with Gasteiger partial charge >= 0.3 is 0 Å². The van der Waals surface area contributed by atoms with Crippen LogP contribution in [0.4, 0.5) is 5.69 Å². The second-order valence-electron chi connectivity index (χ2n) is 5.95. The molecule has 1 saturated carbocycles. The second kappa shape index (κ2) is 6.26. The predicted octanol–water partition coefficient (Wildman–Crippen LogP) is 1.38.